The van der Waals surface area contributed by atoms with Gasteiger partial charge in [0.05, 0.1) is 23.0 Å². The molecule has 0 spiro atoms. The molecule has 2 N–H and O–H groups in total. The first-order chi connectivity index (χ1) is 13.7. The number of aryl methyl sites for hydroxylation is 1. The van der Waals surface area contributed by atoms with Crippen molar-refractivity contribution in [3.63, 3.8) is 0 Å². The van der Waals surface area contributed by atoms with E-state index >= 15 is 0 Å². The van der Waals surface area contributed by atoms with Gasteiger partial charge in [-0.15, -0.1) is 0 Å². The van der Waals surface area contributed by atoms with Crippen molar-refractivity contribution in [2.75, 3.05) is 6.54 Å². The van der Waals surface area contributed by atoms with Gasteiger partial charge >= 0.3 is 0 Å². The van der Waals surface area contributed by atoms with Crippen molar-refractivity contribution < 1.29 is 4.39 Å². The number of aromatic amines is 1. The minimum Gasteiger partial charge on any atom is -0.312 e. The van der Waals surface area contributed by atoms with Crippen LogP contribution in [-0.4, -0.2) is 31.5 Å². The molecule has 0 bridgehead atoms. The Bertz CT molecular complexity index is 1260. The summed E-state index contributed by atoms with van der Waals surface area (Å²) in [4.78, 5) is 4.72. The molecule has 1 aliphatic heterocycles. The number of hydrogen-bond donors (Lipinski definition) is 2. The third-order valence-electron chi connectivity index (χ3n) is 5.10. The zero-order valence-corrected chi connectivity index (χ0v) is 15.1. The highest BCUT2D eigenvalue weighted by Gasteiger charge is 2.23. The van der Waals surface area contributed by atoms with Gasteiger partial charge < -0.3 is 5.32 Å². The highest BCUT2D eigenvalue weighted by atomic mass is 19.1. The fourth-order valence-corrected chi connectivity index (χ4v) is 3.77. The van der Waals surface area contributed by atoms with Gasteiger partial charge in [-0.2, -0.15) is 15.5 Å². The summed E-state index contributed by atoms with van der Waals surface area (Å²) >= 11 is 0. The molecule has 5 rings (SSSR count). The van der Waals surface area contributed by atoms with Gasteiger partial charge in [-0.3, -0.25) is 9.78 Å². The summed E-state index contributed by atoms with van der Waals surface area (Å²) < 4.78 is 16.6. The van der Waals surface area contributed by atoms with E-state index in [0.29, 0.717) is 46.5 Å². The molecule has 28 heavy (non-hydrogen) atoms. The number of hydrogen-bond acceptors (Lipinski definition) is 5. The van der Waals surface area contributed by atoms with Gasteiger partial charge in [0.25, 0.3) is 0 Å². The van der Waals surface area contributed by atoms with Crippen LogP contribution in [0.25, 0.3) is 33.5 Å². The van der Waals surface area contributed by atoms with Gasteiger partial charge in [-0.25, -0.2) is 9.37 Å². The van der Waals surface area contributed by atoms with Gasteiger partial charge in [0.15, 0.2) is 0 Å². The lowest BCUT2D eigenvalue weighted by Crippen LogP contribution is -2.24. The third kappa shape index (κ3) is 2.48. The number of pyridine rings is 1. The second-order valence-electron chi connectivity index (χ2n) is 6.85. The van der Waals surface area contributed by atoms with Crippen molar-refractivity contribution in [3.8, 4) is 28.6 Å². The number of nitriles is 1. The molecule has 0 unspecified atom stereocenters. The summed E-state index contributed by atoms with van der Waals surface area (Å²) in [6.07, 6.45) is 4.23. The minimum absolute atomic E-state index is 0.319. The van der Waals surface area contributed by atoms with Crippen LogP contribution in [-0.2, 0) is 20.0 Å². The van der Waals surface area contributed by atoms with Crippen molar-refractivity contribution in [1.82, 2.24) is 30.3 Å². The van der Waals surface area contributed by atoms with Crippen molar-refractivity contribution >= 4 is 11.0 Å². The van der Waals surface area contributed by atoms with Crippen LogP contribution in [0, 0.1) is 17.1 Å². The molecule has 1 aliphatic rings. The molecule has 0 saturated carbocycles. The number of H-pyrrole nitrogens is 1. The van der Waals surface area contributed by atoms with E-state index in [-0.39, 0.29) is 5.82 Å². The normalized spacial score (nSPS) is 13.5. The first-order valence-corrected chi connectivity index (χ1v) is 8.95. The lowest BCUT2D eigenvalue weighted by atomic mass is 9.91. The van der Waals surface area contributed by atoms with Crippen LogP contribution in [0.3, 0.4) is 0 Å². The fourth-order valence-electron chi connectivity index (χ4n) is 3.77. The summed E-state index contributed by atoms with van der Waals surface area (Å²) in [5, 5.41) is 24.4. The number of nitrogens with zero attached hydrogens (tertiary/aromatic N) is 5. The Morgan fingerprint density at radius 3 is 2.96 bits per heavy atom. The molecule has 0 radical (unpaired) electrons. The first kappa shape index (κ1) is 16.6. The maximum absolute atomic E-state index is 14.9. The summed E-state index contributed by atoms with van der Waals surface area (Å²) in [6, 6.07) is 7.09. The van der Waals surface area contributed by atoms with Gasteiger partial charge in [-0.1, -0.05) is 6.07 Å². The van der Waals surface area contributed by atoms with E-state index in [2.05, 4.69) is 26.7 Å². The van der Waals surface area contributed by atoms with Crippen LogP contribution >= 0.6 is 0 Å². The molecule has 7 nitrogen and oxygen atoms in total. The van der Waals surface area contributed by atoms with Crippen LogP contribution in [0.1, 0.15) is 16.7 Å². The average Bonchev–Trinajstić information content (AvgIpc) is 3.32. The Morgan fingerprint density at radius 2 is 2.18 bits per heavy atom. The molecule has 3 aromatic heterocycles. The molecule has 0 atom stereocenters. The van der Waals surface area contributed by atoms with E-state index in [9.17, 15) is 9.65 Å². The van der Waals surface area contributed by atoms with E-state index < -0.39 is 0 Å². The van der Waals surface area contributed by atoms with Crippen molar-refractivity contribution in [2.45, 2.75) is 13.0 Å². The van der Waals surface area contributed by atoms with Crippen LogP contribution in [0.15, 0.2) is 30.6 Å². The van der Waals surface area contributed by atoms with Crippen LogP contribution in [0.5, 0.6) is 0 Å². The van der Waals surface area contributed by atoms with E-state index in [1.807, 2.05) is 13.2 Å². The van der Waals surface area contributed by atoms with E-state index in [1.165, 1.54) is 6.07 Å². The molecule has 138 valence electrons. The zero-order valence-electron chi connectivity index (χ0n) is 15.1. The van der Waals surface area contributed by atoms with Gasteiger partial charge in [-0.05, 0) is 36.2 Å². The highest BCUT2D eigenvalue weighted by Crippen LogP contribution is 2.35. The van der Waals surface area contributed by atoms with Gasteiger partial charge in [0.2, 0.25) is 0 Å². The molecule has 1 aromatic carbocycles. The molecule has 0 fully saturated rings. The second-order valence-corrected chi connectivity index (χ2v) is 6.85. The lowest BCUT2D eigenvalue weighted by molar-refractivity contribution is 0.609. The summed E-state index contributed by atoms with van der Waals surface area (Å²) in [5.74, 6) is -0.365. The Balaban J connectivity index is 1.80. The molecule has 0 amide bonds. The fraction of sp³-hybridized carbons (Fsp3) is 0.200. The van der Waals surface area contributed by atoms with Crippen molar-refractivity contribution in [1.29, 1.82) is 5.26 Å². The zero-order chi connectivity index (χ0) is 19.3. The van der Waals surface area contributed by atoms with E-state index in [0.717, 1.165) is 23.2 Å². The predicted octanol–water partition coefficient (Wildman–Crippen LogP) is 2.68. The smallest absolute Gasteiger partial charge is 0.132 e. The molecule has 4 aromatic rings. The summed E-state index contributed by atoms with van der Waals surface area (Å²) in [5.41, 5.74) is 5.69. The van der Waals surface area contributed by atoms with Crippen LogP contribution in [0.2, 0.25) is 0 Å². The Hall–Kier alpha value is -3.57. The number of aromatic nitrogens is 5. The summed E-state index contributed by atoms with van der Waals surface area (Å²) in [6.45, 7) is 1.44. The standard InChI is InChI=1S/C20H16FN7/c1-28-10-13(9-24-28)19-20-16(26-27-19)6-12(7-22)18(25-20)17-14-4-5-23-8-11(14)2-3-15(17)21/h2-3,6,9-10,23H,4-5,8H2,1H3,(H,26,27). The minimum atomic E-state index is -0.365. The first-order valence-electron chi connectivity index (χ1n) is 8.95. The highest BCUT2D eigenvalue weighted by molar-refractivity contribution is 5.92. The predicted molar refractivity (Wildman–Crippen MR) is 102 cm³/mol. The number of rotatable bonds is 2. The van der Waals surface area contributed by atoms with Crippen molar-refractivity contribution in [2.24, 2.45) is 7.05 Å². The SMILES string of the molecule is Cn1cc(-c2n[nH]c3cc(C#N)c(-c4c(F)ccc5c4CCNC5)nc23)cn1. The topological polar surface area (TPSA) is 95.2 Å². The number of nitrogens with one attached hydrogen (secondary N) is 2. The second kappa shape index (κ2) is 6.25. The number of benzene rings is 1. The maximum atomic E-state index is 14.9. The van der Waals surface area contributed by atoms with E-state index in [1.54, 1.807) is 23.0 Å². The Kier molecular flexibility index (Phi) is 3.70. The van der Waals surface area contributed by atoms with Crippen molar-refractivity contribution in [3.05, 3.63) is 53.1 Å². The lowest BCUT2D eigenvalue weighted by Gasteiger charge is -2.21. The molecule has 4 heterocycles. The molecular formula is C20H16FN7. The third-order valence-corrected chi connectivity index (χ3v) is 5.10. The quantitative estimate of drug-likeness (QED) is 0.563. The van der Waals surface area contributed by atoms with Gasteiger partial charge in [0, 0.05) is 30.9 Å². The largest absolute Gasteiger partial charge is 0.312 e. The maximum Gasteiger partial charge on any atom is 0.132 e. The Labute approximate surface area is 159 Å². The number of halogens is 1. The van der Waals surface area contributed by atoms with Crippen LogP contribution in [0.4, 0.5) is 4.39 Å². The monoisotopic (exact) mass is 373 g/mol. The van der Waals surface area contributed by atoms with Crippen LogP contribution < -0.4 is 5.32 Å². The Morgan fingerprint density at radius 1 is 1.29 bits per heavy atom. The van der Waals surface area contributed by atoms with Gasteiger partial charge in [0.1, 0.15) is 23.1 Å². The average molecular weight is 373 g/mol. The molecule has 8 heteroatoms. The van der Waals surface area contributed by atoms with E-state index in [4.69, 9.17) is 4.98 Å². The molecule has 0 aliphatic carbocycles. The molecular weight excluding hydrogens is 357 g/mol. The number of fused-ring (bicyclic) bond motifs is 2. The summed E-state index contributed by atoms with van der Waals surface area (Å²) in [7, 11) is 1.82. The molecule has 0 saturated heterocycles.